The van der Waals surface area contributed by atoms with Gasteiger partial charge in [-0.1, -0.05) is 13.0 Å². The number of methoxy groups -OCH3 is 1. The van der Waals surface area contributed by atoms with Gasteiger partial charge in [-0.15, -0.1) is 0 Å². The molecule has 6 nitrogen and oxygen atoms in total. The van der Waals surface area contributed by atoms with Crippen molar-refractivity contribution in [2.45, 2.75) is 19.3 Å². The minimum atomic E-state index is -0.612. The van der Waals surface area contributed by atoms with Crippen molar-refractivity contribution < 1.29 is 19.1 Å². The van der Waals surface area contributed by atoms with Crippen molar-refractivity contribution in [3.63, 3.8) is 0 Å². The van der Waals surface area contributed by atoms with Gasteiger partial charge in [0.1, 0.15) is 18.1 Å². The average molecular weight is 276 g/mol. The monoisotopic (exact) mass is 276 g/mol. The van der Waals surface area contributed by atoms with Gasteiger partial charge in [-0.2, -0.15) is 0 Å². The minimum Gasteiger partial charge on any atom is -0.497 e. The first-order valence-corrected chi connectivity index (χ1v) is 6.30. The van der Waals surface area contributed by atoms with Crippen LogP contribution in [0, 0.1) is 5.41 Å². The van der Waals surface area contributed by atoms with Gasteiger partial charge in [0, 0.05) is 18.2 Å². The van der Waals surface area contributed by atoms with Gasteiger partial charge in [-0.05, 0) is 11.6 Å². The number of nitrogens with one attached hydrogen (secondary N) is 2. The molecule has 1 heterocycles. The zero-order chi connectivity index (χ0) is 14.7. The maximum Gasteiger partial charge on any atom is 0.352 e. The Hall–Kier alpha value is -2.37. The van der Waals surface area contributed by atoms with Crippen molar-refractivity contribution in [3.8, 4) is 5.75 Å². The second kappa shape index (κ2) is 5.73. The fraction of sp³-hybridized carbons (Fsp3) is 0.357. The number of cyclic esters (lactones) is 1. The van der Waals surface area contributed by atoms with Crippen molar-refractivity contribution >= 4 is 23.3 Å². The lowest BCUT2D eigenvalue weighted by atomic mass is 9.94. The molecule has 6 heteroatoms. The molecule has 1 aliphatic heterocycles. The molecule has 0 aliphatic carbocycles. The van der Waals surface area contributed by atoms with Gasteiger partial charge in [-0.25, -0.2) is 4.79 Å². The molecule has 2 rings (SSSR count). The van der Waals surface area contributed by atoms with Crippen LogP contribution in [0.4, 0.5) is 5.69 Å². The second-order valence-electron chi connectivity index (χ2n) is 4.42. The van der Waals surface area contributed by atoms with E-state index in [0.717, 1.165) is 0 Å². The quantitative estimate of drug-likeness (QED) is 0.819. The fourth-order valence-electron chi connectivity index (χ4n) is 2.02. The van der Waals surface area contributed by atoms with E-state index in [2.05, 4.69) is 5.32 Å². The Morgan fingerprint density at radius 1 is 1.55 bits per heavy atom. The van der Waals surface area contributed by atoms with Gasteiger partial charge < -0.3 is 14.8 Å². The van der Waals surface area contributed by atoms with Gasteiger partial charge in [-0.3, -0.25) is 10.2 Å². The lowest BCUT2D eigenvalue weighted by Crippen LogP contribution is -2.17. The van der Waals surface area contributed by atoms with E-state index in [0.29, 0.717) is 23.4 Å². The van der Waals surface area contributed by atoms with Crippen LogP contribution in [0.1, 0.15) is 24.8 Å². The third-order valence-electron chi connectivity index (χ3n) is 3.18. The molecule has 1 aliphatic rings. The van der Waals surface area contributed by atoms with Gasteiger partial charge in [0.05, 0.1) is 13.0 Å². The molecule has 0 radical (unpaired) electrons. The van der Waals surface area contributed by atoms with E-state index in [-0.39, 0.29) is 18.2 Å². The molecule has 0 spiro atoms. The van der Waals surface area contributed by atoms with E-state index >= 15 is 0 Å². The summed E-state index contributed by atoms with van der Waals surface area (Å²) in [7, 11) is 1.53. The number of ether oxygens (including phenoxy) is 2. The number of rotatable bonds is 4. The smallest absolute Gasteiger partial charge is 0.352 e. The topological polar surface area (TPSA) is 88.5 Å². The number of carbonyl (C=O) groups is 2. The Bertz CT molecular complexity index is 568. The van der Waals surface area contributed by atoms with Crippen molar-refractivity contribution in [2.24, 2.45) is 0 Å². The predicted octanol–water partition coefficient (Wildman–Crippen LogP) is 1.70. The molecule has 1 aromatic rings. The molecule has 2 N–H and O–H groups in total. The first-order chi connectivity index (χ1) is 9.56. The molecule has 1 saturated heterocycles. The van der Waals surface area contributed by atoms with Crippen molar-refractivity contribution in [3.05, 3.63) is 23.8 Å². The molecule has 0 saturated carbocycles. The van der Waals surface area contributed by atoms with E-state index in [4.69, 9.17) is 14.9 Å². The van der Waals surface area contributed by atoms with Crippen molar-refractivity contribution in [2.75, 3.05) is 19.0 Å². The zero-order valence-electron chi connectivity index (χ0n) is 11.4. The van der Waals surface area contributed by atoms with Crippen LogP contribution in [0.25, 0.3) is 0 Å². The molecule has 106 valence electrons. The SMILES string of the molecule is CCC(=O)Nc1cc(OC)ccc1C1COC(=O)C1=N. The van der Waals surface area contributed by atoms with E-state index in [1.165, 1.54) is 7.11 Å². The fourth-order valence-corrected chi connectivity index (χ4v) is 2.02. The molecule has 0 aromatic heterocycles. The average Bonchev–Trinajstić information content (AvgIpc) is 2.79. The number of hydrogen-bond acceptors (Lipinski definition) is 5. The third-order valence-corrected chi connectivity index (χ3v) is 3.18. The Morgan fingerprint density at radius 3 is 2.85 bits per heavy atom. The maximum absolute atomic E-state index is 11.6. The highest BCUT2D eigenvalue weighted by atomic mass is 16.5. The zero-order valence-corrected chi connectivity index (χ0v) is 11.4. The molecular weight excluding hydrogens is 260 g/mol. The third kappa shape index (κ3) is 2.64. The maximum atomic E-state index is 11.6. The molecule has 1 aromatic carbocycles. The summed E-state index contributed by atoms with van der Waals surface area (Å²) in [6, 6.07) is 5.15. The van der Waals surface area contributed by atoms with Crippen molar-refractivity contribution in [1.29, 1.82) is 5.41 Å². The summed E-state index contributed by atoms with van der Waals surface area (Å²) < 4.78 is 10.0. The largest absolute Gasteiger partial charge is 0.497 e. The van der Waals surface area contributed by atoms with Gasteiger partial charge in [0.15, 0.2) is 0 Å². The number of carbonyl (C=O) groups excluding carboxylic acids is 2. The molecule has 20 heavy (non-hydrogen) atoms. The first kappa shape index (κ1) is 14.0. The van der Waals surface area contributed by atoms with Crippen LogP contribution in [0.3, 0.4) is 0 Å². The lowest BCUT2D eigenvalue weighted by molar-refractivity contribution is -0.132. The van der Waals surface area contributed by atoms with Crippen LogP contribution in [-0.4, -0.2) is 31.3 Å². The first-order valence-electron chi connectivity index (χ1n) is 6.30. The highest BCUT2D eigenvalue weighted by Gasteiger charge is 2.33. The predicted molar refractivity (Wildman–Crippen MR) is 73.3 cm³/mol. The molecule has 1 unspecified atom stereocenters. The Balaban J connectivity index is 2.38. The van der Waals surface area contributed by atoms with Gasteiger partial charge in [0.25, 0.3) is 0 Å². The number of esters is 1. The molecule has 0 bridgehead atoms. The van der Waals surface area contributed by atoms with E-state index < -0.39 is 11.9 Å². The summed E-state index contributed by atoms with van der Waals surface area (Å²) in [6.45, 7) is 1.87. The number of hydrogen-bond donors (Lipinski definition) is 2. The highest BCUT2D eigenvalue weighted by molar-refractivity contribution is 6.39. The summed E-state index contributed by atoms with van der Waals surface area (Å²) in [6.07, 6.45) is 0.341. The Labute approximate surface area is 116 Å². The summed E-state index contributed by atoms with van der Waals surface area (Å²) >= 11 is 0. The summed E-state index contributed by atoms with van der Waals surface area (Å²) in [5.41, 5.74) is 1.13. The second-order valence-corrected chi connectivity index (χ2v) is 4.42. The lowest BCUT2D eigenvalue weighted by Gasteiger charge is -2.15. The molecule has 1 atom stereocenters. The van der Waals surface area contributed by atoms with Crippen molar-refractivity contribution in [1.82, 2.24) is 0 Å². The number of anilines is 1. The Morgan fingerprint density at radius 2 is 2.30 bits per heavy atom. The minimum absolute atomic E-state index is 0.0952. The Kier molecular flexibility index (Phi) is 4.02. The number of amides is 1. The van der Waals surface area contributed by atoms with Gasteiger partial charge in [0.2, 0.25) is 5.91 Å². The van der Waals surface area contributed by atoms with E-state index in [9.17, 15) is 9.59 Å². The van der Waals surface area contributed by atoms with Crippen LogP contribution >= 0.6 is 0 Å². The van der Waals surface area contributed by atoms with Crippen LogP contribution in [0.5, 0.6) is 5.75 Å². The van der Waals surface area contributed by atoms with E-state index in [1.54, 1.807) is 25.1 Å². The normalized spacial score (nSPS) is 17.8. The van der Waals surface area contributed by atoms with Crippen LogP contribution < -0.4 is 10.1 Å². The van der Waals surface area contributed by atoms with Crippen LogP contribution in [0.2, 0.25) is 0 Å². The highest BCUT2D eigenvalue weighted by Crippen LogP contribution is 2.32. The standard InChI is InChI=1S/C14H16N2O4/c1-3-12(17)16-11-6-8(19-2)4-5-9(11)10-7-20-14(18)13(10)15/h4-6,10,15H,3,7H2,1-2H3,(H,16,17). The van der Waals surface area contributed by atoms with Crippen LogP contribution in [-0.2, 0) is 14.3 Å². The van der Waals surface area contributed by atoms with Crippen LogP contribution in [0.15, 0.2) is 18.2 Å². The molecule has 1 fully saturated rings. The molecule has 1 amide bonds. The number of benzene rings is 1. The van der Waals surface area contributed by atoms with Gasteiger partial charge >= 0.3 is 5.97 Å². The molecular formula is C14H16N2O4. The van der Waals surface area contributed by atoms with E-state index in [1.807, 2.05) is 0 Å². The summed E-state index contributed by atoms with van der Waals surface area (Å²) in [5, 5.41) is 10.5. The summed E-state index contributed by atoms with van der Waals surface area (Å²) in [5.74, 6) is -0.618. The summed E-state index contributed by atoms with van der Waals surface area (Å²) in [4.78, 5) is 22.9.